The molecule has 1 saturated carbocycles. The van der Waals surface area contributed by atoms with Gasteiger partial charge in [-0.3, -0.25) is 14.5 Å². The number of phenols is 1. The van der Waals surface area contributed by atoms with Crippen LogP contribution in [0.15, 0.2) is 47.3 Å². The monoisotopic (exact) mass is 524 g/mol. The summed E-state index contributed by atoms with van der Waals surface area (Å²) in [4.78, 5) is 31.2. The number of carbonyl (C=O) groups is 1. The Hall–Kier alpha value is -2.68. The van der Waals surface area contributed by atoms with Gasteiger partial charge in [-0.05, 0) is 36.5 Å². The number of aromatic hydroxyl groups is 1. The molecule has 8 heteroatoms. The molecule has 37 heavy (non-hydrogen) atoms. The first-order valence-electron chi connectivity index (χ1n) is 13.4. The predicted molar refractivity (Wildman–Crippen MR) is 151 cm³/mol. The Kier molecular flexibility index (Phi) is 9.05. The minimum atomic E-state index is -0.267. The highest BCUT2D eigenvalue weighted by atomic mass is 32.1. The molecular formula is C29H40N4O3S. The number of primary amides is 1. The molecule has 1 fully saturated rings. The van der Waals surface area contributed by atoms with Crippen LogP contribution < -0.4 is 10.6 Å². The second kappa shape index (κ2) is 12.2. The molecule has 4 N–H and O–H groups in total. The van der Waals surface area contributed by atoms with Crippen LogP contribution in [0.25, 0.3) is 10.2 Å². The van der Waals surface area contributed by atoms with Gasteiger partial charge in [-0.1, -0.05) is 74.4 Å². The summed E-state index contributed by atoms with van der Waals surface area (Å²) in [5, 5.41) is 10.2. The molecule has 3 aromatic rings. The van der Waals surface area contributed by atoms with E-state index in [9.17, 15) is 14.7 Å². The van der Waals surface area contributed by atoms with Gasteiger partial charge in [0.1, 0.15) is 11.3 Å². The fourth-order valence-electron chi connectivity index (χ4n) is 5.63. The third kappa shape index (κ3) is 7.21. The summed E-state index contributed by atoms with van der Waals surface area (Å²) in [5.41, 5.74) is 8.39. The van der Waals surface area contributed by atoms with E-state index in [-0.39, 0.29) is 21.9 Å². The van der Waals surface area contributed by atoms with Gasteiger partial charge < -0.3 is 20.7 Å². The molecule has 1 amide bonds. The van der Waals surface area contributed by atoms with Crippen LogP contribution in [0.1, 0.15) is 57.1 Å². The van der Waals surface area contributed by atoms with Gasteiger partial charge in [-0.2, -0.15) is 0 Å². The van der Waals surface area contributed by atoms with Crippen molar-refractivity contribution in [1.29, 1.82) is 0 Å². The highest BCUT2D eigenvalue weighted by Gasteiger charge is 2.27. The maximum atomic E-state index is 11.9. The van der Waals surface area contributed by atoms with E-state index in [0.29, 0.717) is 24.5 Å². The molecule has 1 aliphatic carbocycles. The highest BCUT2D eigenvalue weighted by Crippen LogP contribution is 2.30. The molecule has 200 valence electrons. The molecule has 0 spiro atoms. The van der Waals surface area contributed by atoms with Crippen LogP contribution in [0, 0.1) is 0 Å². The average Bonchev–Trinajstić information content (AvgIpc) is 3.54. The van der Waals surface area contributed by atoms with Gasteiger partial charge in [-0.25, -0.2) is 0 Å². The minimum Gasteiger partial charge on any atom is -0.506 e. The third-order valence-corrected chi connectivity index (χ3v) is 8.66. The van der Waals surface area contributed by atoms with Gasteiger partial charge in [0.05, 0.1) is 4.70 Å². The number of hydrogen-bond acceptors (Lipinski definition) is 6. The van der Waals surface area contributed by atoms with Crippen molar-refractivity contribution in [2.75, 3.05) is 32.7 Å². The van der Waals surface area contributed by atoms with Gasteiger partial charge in [-0.15, -0.1) is 0 Å². The fourth-order valence-corrected chi connectivity index (χ4v) is 6.53. The number of aromatic amines is 1. The molecule has 4 rings (SSSR count). The number of benzene rings is 2. The minimum absolute atomic E-state index is 0.0551. The van der Waals surface area contributed by atoms with Crippen molar-refractivity contribution < 1.29 is 9.90 Å². The Morgan fingerprint density at radius 1 is 1.08 bits per heavy atom. The Morgan fingerprint density at radius 3 is 2.51 bits per heavy atom. The van der Waals surface area contributed by atoms with Crippen molar-refractivity contribution in [1.82, 2.24) is 14.8 Å². The summed E-state index contributed by atoms with van der Waals surface area (Å²) >= 11 is 1.17. The maximum absolute atomic E-state index is 11.9. The topological polar surface area (TPSA) is 103 Å². The smallest absolute Gasteiger partial charge is 0.305 e. The van der Waals surface area contributed by atoms with Crippen LogP contribution >= 0.6 is 11.3 Å². The first-order valence-corrected chi connectivity index (χ1v) is 14.2. The molecule has 0 atom stereocenters. The standard InChI is InChI=1S/C29H40N4O3S/c1-29(2,22-8-4-3-5-9-22)20-32(16-15-25(30)35)18-19-33(23-10-6-7-11-23)17-14-21-12-13-24(34)26-27(21)37-28(36)31-26/h3-5,8-9,12-13,23,34H,6-7,10-11,14-20H2,1-2H3,(H2,30,35)(H,31,36). The number of fused-ring (bicyclic) bond motifs is 1. The van der Waals surface area contributed by atoms with Crippen LogP contribution in [0.5, 0.6) is 5.75 Å². The van der Waals surface area contributed by atoms with Crippen molar-refractivity contribution in [2.45, 2.75) is 63.8 Å². The van der Waals surface area contributed by atoms with Crippen LogP contribution in [-0.4, -0.2) is 64.6 Å². The lowest BCUT2D eigenvalue weighted by Gasteiger charge is -2.36. The number of thiazole rings is 1. The van der Waals surface area contributed by atoms with Crippen LogP contribution in [0.2, 0.25) is 0 Å². The summed E-state index contributed by atoms with van der Waals surface area (Å²) in [5.74, 6) is -0.145. The van der Waals surface area contributed by atoms with Crippen LogP contribution in [0.4, 0.5) is 0 Å². The number of carbonyl (C=O) groups excluding carboxylic acids is 1. The number of aromatic nitrogens is 1. The second-order valence-electron chi connectivity index (χ2n) is 10.9. The quantitative estimate of drug-likeness (QED) is 0.310. The van der Waals surface area contributed by atoms with E-state index in [2.05, 4.69) is 52.9 Å². The number of nitrogens with zero attached hydrogens (tertiary/aromatic N) is 2. The average molecular weight is 525 g/mol. The van der Waals surface area contributed by atoms with E-state index in [1.165, 1.54) is 42.6 Å². The summed E-state index contributed by atoms with van der Waals surface area (Å²) in [6.45, 7) is 8.68. The number of nitrogens with one attached hydrogen (secondary N) is 1. The number of H-pyrrole nitrogens is 1. The van der Waals surface area contributed by atoms with Crippen molar-refractivity contribution in [3.8, 4) is 5.75 Å². The fraction of sp³-hybridized carbons (Fsp3) is 0.517. The molecule has 2 aromatic carbocycles. The Balaban J connectivity index is 1.46. The molecule has 1 aromatic heterocycles. The first kappa shape index (κ1) is 27.4. The van der Waals surface area contributed by atoms with Gasteiger partial charge in [0, 0.05) is 50.6 Å². The first-order chi connectivity index (χ1) is 17.7. The molecular weight excluding hydrogens is 484 g/mol. The van der Waals surface area contributed by atoms with Crippen molar-refractivity contribution in [2.24, 2.45) is 5.73 Å². The number of phenolic OH excluding ortho intramolecular Hbond substituents is 1. The molecule has 1 aliphatic rings. The molecule has 7 nitrogen and oxygen atoms in total. The largest absolute Gasteiger partial charge is 0.506 e. The predicted octanol–water partition coefficient (Wildman–Crippen LogP) is 4.24. The number of nitrogens with two attached hydrogens (primary N) is 1. The lowest BCUT2D eigenvalue weighted by Crippen LogP contribution is -2.45. The van der Waals surface area contributed by atoms with Gasteiger partial charge in [0.2, 0.25) is 5.91 Å². The third-order valence-electron chi connectivity index (χ3n) is 7.70. The zero-order valence-electron chi connectivity index (χ0n) is 22.0. The van der Waals surface area contributed by atoms with Gasteiger partial charge in [0.25, 0.3) is 0 Å². The SMILES string of the molecule is CC(C)(CN(CCC(N)=O)CCN(CCc1ccc(O)c2[nH]c(=O)sc12)C1CCCC1)c1ccccc1. The summed E-state index contributed by atoms with van der Waals surface area (Å²) in [6, 6.07) is 14.7. The van der Waals surface area contributed by atoms with Crippen molar-refractivity contribution >= 4 is 27.5 Å². The maximum Gasteiger partial charge on any atom is 0.305 e. The molecule has 0 bridgehead atoms. The number of hydrogen-bond donors (Lipinski definition) is 3. The summed E-state index contributed by atoms with van der Waals surface area (Å²) in [7, 11) is 0. The molecule has 0 unspecified atom stereocenters. The molecule has 0 aliphatic heterocycles. The van der Waals surface area contributed by atoms with Crippen LogP contribution in [-0.2, 0) is 16.6 Å². The Morgan fingerprint density at radius 2 is 1.81 bits per heavy atom. The van der Waals surface area contributed by atoms with E-state index >= 15 is 0 Å². The van der Waals surface area contributed by atoms with Crippen molar-refractivity contribution in [3.05, 3.63) is 63.3 Å². The Bertz CT molecular complexity index is 1230. The molecule has 0 saturated heterocycles. The summed E-state index contributed by atoms with van der Waals surface area (Å²) < 4.78 is 0.851. The van der Waals surface area contributed by atoms with E-state index < -0.39 is 0 Å². The van der Waals surface area contributed by atoms with E-state index in [1.807, 2.05) is 12.1 Å². The normalized spacial score (nSPS) is 14.8. The molecule has 0 radical (unpaired) electrons. The summed E-state index contributed by atoms with van der Waals surface area (Å²) in [6.07, 6.45) is 6.11. The lowest BCUT2D eigenvalue weighted by atomic mass is 9.84. The Labute approximate surface area is 223 Å². The van der Waals surface area contributed by atoms with Crippen LogP contribution in [0.3, 0.4) is 0 Å². The van der Waals surface area contributed by atoms with E-state index in [0.717, 1.165) is 42.9 Å². The van der Waals surface area contributed by atoms with E-state index in [4.69, 9.17) is 5.73 Å². The number of amides is 1. The second-order valence-corrected chi connectivity index (χ2v) is 11.9. The van der Waals surface area contributed by atoms with E-state index in [1.54, 1.807) is 6.07 Å². The van der Waals surface area contributed by atoms with Gasteiger partial charge in [0.15, 0.2) is 0 Å². The lowest BCUT2D eigenvalue weighted by molar-refractivity contribution is -0.118. The molecule has 1 heterocycles. The van der Waals surface area contributed by atoms with Crippen molar-refractivity contribution in [3.63, 3.8) is 0 Å². The highest BCUT2D eigenvalue weighted by molar-refractivity contribution is 7.16. The number of rotatable bonds is 13. The zero-order valence-corrected chi connectivity index (χ0v) is 22.9. The zero-order chi connectivity index (χ0) is 26.4. The van der Waals surface area contributed by atoms with Gasteiger partial charge >= 0.3 is 4.87 Å².